The van der Waals surface area contributed by atoms with Crippen molar-refractivity contribution < 1.29 is 9.47 Å². The lowest BCUT2D eigenvalue weighted by Gasteiger charge is -2.42. The molecular weight excluding hydrogens is 300 g/mol. The number of rotatable bonds is 5. The van der Waals surface area contributed by atoms with E-state index in [0.29, 0.717) is 0 Å². The Kier molecular flexibility index (Phi) is 6.01. The fourth-order valence-electron chi connectivity index (χ4n) is 4.27. The van der Waals surface area contributed by atoms with Crippen molar-refractivity contribution in [2.24, 2.45) is 5.92 Å². The summed E-state index contributed by atoms with van der Waals surface area (Å²) >= 11 is 0. The molecule has 2 aliphatic rings. The van der Waals surface area contributed by atoms with Gasteiger partial charge in [-0.15, -0.1) is 0 Å². The normalized spacial score (nSPS) is 26.3. The van der Waals surface area contributed by atoms with Crippen molar-refractivity contribution in [1.82, 2.24) is 9.80 Å². The first kappa shape index (κ1) is 17.6. The first-order valence-corrected chi connectivity index (χ1v) is 9.37. The van der Waals surface area contributed by atoms with Crippen LogP contribution in [0.4, 0.5) is 0 Å². The lowest BCUT2D eigenvalue weighted by molar-refractivity contribution is 0.0656. The molecule has 1 aromatic carbocycles. The molecule has 134 valence electrons. The third-order valence-corrected chi connectivity index (χ3v) is 5.71. The summed E-state index contributed by atoms with van der Waals surface area (Å²) in [5, 5.41) is 0. The second-order valence-electron chi connectivity index (χ2n) is 7.42. The van der Waals surface area contributed by atoms with Gasteiger partial charge in [-0.3, -0.25) is 9.80 Å². The number of nitrogens with zero attached hydrogens (tertiary/aromatic N) is 2. The Balaban J connectivity index is 1.55. The van der Waals surface area contributed by atoms with E-state index in [0.717, 1.165) is 43.1 Å². The standard InChI is InChI=1S/C20H32N2O2/c1-16-5-4-6-18(13-16)22-11-9-21(10-12-22)15-17-14-19(23-2)7-8-20(17)24-3/h7-8,14,16,18H,4-6,9-13,15H2,1-3H3/t16-,18+/m1/s1. The maximum absolute atomic E-state index is 5.52. The molecule has 4 nitrogen and oxygen atoms in total. The highest BCUT2D eigenvalue weighted by atomic mass is 16.5. The van der Waals surface area contributed by atoms with E-state index in [2.05, 4.69) is 22.8 Å². The second kappa shape index (κ2) is 8.21. The van der Waals surface area contributed by atoms with Crippen molar-refractivity contribution in [2.45, 2.75) is 45.2 Å². The molecule has 1 saturated carbocycles. The first-order chi connectivity index (χ1) is 11.7. The van der Waals surface area contributed by atoms with E-state index in [9.17, 15) is 0 Å². The molecule has 0 N–H and O–H groups in total. The van der Waals surface area contributed by atoms with E-state index in [-0.39, 0.29) is 0 Å². The van der Waals surface area contributed by atoms with Crippen LogP contribution in [0.3, 0.4) is 0 Å². The van der Waals surface area contributed by atoms with Gasteiger partial charge in [-0.1, -0.05) is 19.8 Å². The first-order valence-electron chi connectivity index (χ1n) is 9.37. The van der Waals surface area contributed by atoms with Crippen molar-refractivity contribution in [3.05, 3.63) is 23.8 Å². The van der Waals surface area contributed by atoms with Crippen molar-refractivity contribution >= 4 is 0 Å². The predicted molar refractivity (Wildman–Crippen MR) is 97.8 cm³/mol. The number of hydrogen-bond donors (Lipinski definition) is 0. The summed E-state index contributed by atoms with van der Waals surface area (Å²) < 4.78 is 10.9. The summed E-state index contributed by atoms with van der Waals surface area (Å²) in [7, 11) is 3.46. The minimum Gasteiger partial charge on any atom is -0.497 e. The topological polar surface area (TPSA) is 24.9 Å². The minimum atomic E-state index is 0.822. The van der Waals surface area contributed by atoms with Gasteiger partial charge in [0.05, 0.1) is 14.2 Å². The highest BCUT2D eigenvalue weighted by Gasteiger charge is 2.27. The predicted octanol–water partition coefficient (Wildman–Crippen LogP) is 3.40. The Morgan fingerprint density at radius 3 is 2.50 bits per heavy atom. The van der Waals surface area contributed by atoms with E-state index in [1.807, 2.05) is 12.1 Å². The van der Waals surface area contributed by atoms with Gasteiger partial charge in [0.25, 0.3) is 0 Å². The average Bonchev–Trinajstić information content (AvgIpc) is 2.62. The van der Waals surface area contributed by atoms with Crippen LogP contribution < -0.4 is 9.47 Å². The van der Waals surface area contributed by atoms with E-state index in [1.165, 1.54) is 44.3 Å². The van der Waals surface area contributed by atoms with Gasteiger partial charge in [-0.05, 0) is 37.0 Å². The highest BCUT2D eigenvalue weighted by molar-refractivity contribution is 5.40. The molecule has 1 aliphatic heterocycles. The fourth-order valence-corrected chi connectivity index (χ4v) is 4.27. The monoisotopic (exact) mass is 332 g/mol. The summed E-state index contributed by atoms with van der Waals surface area (Å²) in [6, 6.07) is 6.90. The zero-order chi connectivity index (χ0) is 16.9. The Labute approximate surface area is 146 Å². The molecule has 2 fully saturated rings. The molecule has 1 aromatic rings. The lowest BCUT2D eigenvalue weighted by atomic mass is 9.86. The molecule has 24 heavy (non-hydrogen) atoms. The Morgan fingerprint density at radius 2 is 1.83 bits per heavy atom. The molecule has 0 radical (unpaired) electrons. The maximum atomic E-state index is 5.52. The lowest BCUT2D eigenvalue weighted by Crippen LogP contribution is -2.50. The summed E-state index contributed by atoms with van der Waals surface area (Å²) in [5.74, 6) is 2.77. The van der Waals surface area contributed by atoms with Gasteiger partial charge >= 0.3 is 0 Å². The largest absolute Gasteiger partial charge is 0.497 e. The van der Waals surface area contributed by atoms with Crippen LogP contribution in [-0.4, -0.2) is 56.2 Å². The van der Waals surface area contributed by atoms with Crippen molar-refractivity contribution in [2.75, 3.05) is 40.4 Å². The van der Waals surface area contributed by atoms with E-state index in [1.54, 1.807) is 14.2 Å². The Morgan fingerprint density at radius 1 is 1.04 bits per heavy atom. The average molecular weight is 332 g/mol. The molecule has 0 bridgehead atoms. The summed E-state index contributed by atoms with van der Waals surface area (Å²) in [6.45, 7) is 8.04. The Hall–Kier alpha value is -1.26. The number of benzene rings is 1. The summed E-state index contributed by atoms with van der Waals surface area (Å²) in [5.41, 5.74) is 1.22. The molecule has 0 amide bonds. The highest BCUT2D eigenvalue weighted by Crippen LogP contribution is 2.29. The number of hydrogen-bond acceptors (Lipinski definition) is 4. The molecule has 1 heterocycles. The molecular formula is C20H32N2O2. The van der Waals surface area contributed by atoms with Gasteiger partial charge < -0.3 is 9.47 Å². The molecule has 3 rings (SSSR count). The molecule has 0 aromatic heterocycles. The third-order valence-electron chi connectivity index (χ3n) is 5.71. The molecule has 1 aliphatic carbocycles. The molecule has 0 spiro atoms. The molecule has 0 unspecified atom stereocenters. The number of ether oxygens (including phenoxy) is 2. The van der Waals surface area contributed by atoms with Crippen LogP contribution in [0.5, 0.6) is 11.5 Å². The van der Waals surface area contributed by atoms with Crippen LogP contribution in [0.2, 0.25) is 0 Å². The van der Waals surface area contributed by atoms with Gasteiger partial charge in [-0.2, -0.15) is 0 Å². The summed E-state index contributed by atoms with van der Waals surface area (Å²) in [4.78, 5) is 5.27. The van der Waals surface area contributed by atoms with Crippen LogP contribution in [0.25, 0.3) is 0 Å². The zero-order valence-electron chi connectivity index (χ0n) is 15.5. The zero-order valence-corrected chi connectivity index (χ0v) is 15.5. The third kappa shape index (κ3) is 4.22. The Bertz CT molecular complexity index is 526. The number of piperazine rings is 1. The second-order valence-corrected chi connectivity index (χ2v) is 7.42. The van der Waals surface area contributed by atoms with Crippen LogP contribution in [0.1, 0.15) is 38.2 Å². The van der Waals surface area contributed by atoms with Gasteiger partial charge in [0.1, 0.15) is 11.5 Å². The van der Waals surface area contributed by atoms with E-state index in [4.69, 9.17) is 9.47 Å². The van der Waals surface area contributed by atoms with Crippen LogP contribution >= 0.6 is 0 Å². The van der Waals surface area contributed by atoms with Gasteiger partial charge in [0.2, 0.25) is 0 Å². The van der Waals surface area contributed by atoms with Gasteiger partial charge in [0, 0.05) is 44.3 Å². The van der Waals surface area contributed by atoms with Gasteiger partial charge in [0.15, 0.2) is 0 Å². The maximum Gasteiger partial charge on any atom is 0.123 e. The van der Waals surface area contributed by atoms with Crippen LogP contribution in [0.15, 0.2) is 18.2 Å². The van der Waals surface area contributed by atoms with Gasteiger partial charge in [-0.25, -0.2) is 0 Å². The number of methoxy groups -OCH3 is 2. The summed E-state index contributed by atoms with van der Waals surface area (Å²) in [6.07, 6.45) is 5.62. The molecule has 4 heteroatoms. The minimum absolute atomic E-state index is 0.822. The van der Waals surface area contributed by atoms with E-state index >= 15 is 0 Å². The van der Waals surface area contributed by atoms with Crippen LogP contribution in [0, 0.1) is 5.92 Å². The SMILES string of the molecule is COc1ccc(OC)c(CN2CCN([C@H]3CCC[C@@H](C)C3)CC2)c1. The quantitative estimate of drug-likeness (QED) is 0.825. The molecule has 2 atom stereocenters. The van der Waals surface area contributed by atoms with Crippen molar-refractivity contribution in [3.8, 4) is 11.5 Å². The van der Waals surface area contributed by atoms with Crippen molar-refractivity contribution in [1.29, 1.82) is 0 Å². The van der Waals surface area contributed by atoms with Crippen LogP contribution in [-0.2, 0) is 6.54 Å². The fraction of sp³-hybridized carbons (Fsp3) is 0.700. The molecule has 1 saturated heterocycles. The van der Waals surface area contributed by atoms with E-state index < -0.39 is 0 Å². The van der Waals surface area contributed by atoms with Crippen molar-refractivity contribution in [3.63, 3.8) is 0 Å². The smallest absolute Gasteiger partial charge is 0.123 e.